The van der Waals surface area contributed by atoms with Crippen molar-refractivity contribution < 1.29 is 10.2 Å². The van der Waals surface area contributed by atoms with Gasteiger partial charge in [-0.3, -0.25) is 0 Å². The summed E-state index contributed by atoms with van der Waals surface area (Å²) in [6, 6.07) is 4.65. The Morgan fingerprint density at radius 2 is 2.00 bits per heavy atom. The van der Waals surface area contributed by atoms with Crippen molar-refractivity contribution in [1.82, 2.24) is 19.9 Å². The van der Waals surface area contributed by atoms with E-state index < -0.39 is 0 Å². The van der Waals surface area contributed by atoms with Crippen LogP contribution in [0.15, 0.2) is 30.9 Å². The van der Waals surface area contributed by atoms with Crippen LogP contribution in [-0.4, -0.2) is 30.1 Å². The van der Waals surface area contributed by atoms with E-state index in [-0.39, 0.29) is 11.5 Å². The first-order valence-electron chi connectivity index (χ1n) is 5.63. The first-order chi connectivity index (χ1) is 9.24. The molecule has 0 saturated heterocycles. The summed E-state index contributed by atoms with van der Waals surface area (Å²) in [6.07, 6.45) is 2.99. The lowest BCUT2D eigenvalue weighted by Gasteiger charge is -2.06. The summed E-state index contributed by atoms with van der Waals surface area (Å²) in [5, 5.41) is 21.8. The molecule has 0 aliphatic rings. The quantitative estimate of drug-likeness (QED) is 0.528. The molecule has 0 amide bonds. The number of aromatic hydroxyl groups is 2. The molecule has 0 saturated carbocycles. The van der Waals surface area contributed by atoms with Gasteiger partial charge in [0.2, 0.25) is 0 Å². The Morgan fingerprint density at radius 3 is 2.84 bits per heavy atom. The van der Waals surface area contributed by atoms with Crippen molar-refractivity contribution in [3.05, 3.63) is 36.4 Å². The van der Waals surface area contributed by atoms with Gasteiger partial charge in [0.05, 0.1) is 6.33 Å². The molecule has 0 bridgehead atoms. The lowest BCUT2D eigenvalue weighted by molar-refractivity contribution is 0.403. The van der Waals surface area contributed by atoms with Gasteiger partial charge in [-0.1, -0.05) is 6.07 Å². The van der Waals surface area contributed by atoms with Crippen LogP contribution in [0.3, 0.4) is 0 Å². The van der Waals surface area contributed by atoms with E-state index >= 15 is 0 Å². The van der Waals surface area contributed by atoms with E-state index in [2.05, 4.69) is 25.3 Å². The molecule has 2 heterocycles. The molecule has 7 nitrogen and oxygen atoms in total. The van der Waals surface area contributed by atoms with Crippen LogP contribution < -0.4 is 5.32 Å². The van der Waals surface area contributed by atoms with Crippen molar-refractivity contribution in [2.24, 2.45) is 0 Å². The SMILES string of the molecule is Oc1ccc(CNc2ncnc3[nH]cnc23)cc1O. The fourth-order valence-electron chi connectivity index (χ4n) is 1.76. The molecule has 2 aromatic heterocycles. The minimum Gasteiger partial charge on any atom is -0.504 e. The number of phenolic OH excluding ortho intramolecular Hbond substituents is 2. The highest BCUT2D eigenvalue weighted by Crippen LogP contribution is 2.25. The standard InChI is InChI=1S/C12H11N5O2/c18-8-2-1-7(3-9(8)19)4-13-11-10-12(15-5-14-10)17-6-16-11/h1-3,5-6,18-19H,4H2,(H2,13,14,15,16,17). The first-order valence-corrected chi connectivity index (χ1v) is 5.63. The fraction of sp³-hybridized carbons (Fsp3) is 0.0833. The van der Waals surface area contributed by atoms with Crippen molar-refractivity contribution in [3.63, 3.8) is 0 Å². The summed E-state index contributed by atoms with van der Waals surface area (Å²) in [5.74, 6) is 0.325. The third kappa shape index (κ3) is 2.13. The van der Waals surface area contributed by atoms with E-state index in [0.717, 1.165) is 5.56 Å². The number of anilines is 1. The largest absolute Gasteiger partial charge is 0.504 e. The van der Waals surface area contributed by atoms with Gasteiger partial charge in [-0.05, 0) is 17.7 Å². The lowest BCUT2D eigenvalue weighted by atomic mass is 10.2. The van der Waals surface area contributed by atoms with Crippen molar-refractivity contribution in [2.45, 2.75) is 6.54 Å². The molecule has 19 heavy (non-hydrogen) atoms. The summed E-state index contributed by atoms with van der Waals surface area (Å²) < 4.78 is 0. The predicted molar refractivity (Wildman–Crippen MR) is 68.8 cm³/mol. The highest BCUT2D eigenvalue weighted by molar-refractivity contribution is 5.81. The molecule has 0 aliphatic carbocycles. The average Bonchev–Trinajstić information content (AvgIpc) is 2.89. The molecule has 3 aromatic rings. The highest BCUT2D eigenvalue weighted by atomic mass is 16.3. The normalized spacial score (nSPS) is 10.7. The van der Waals surface area contributed by atoms with Gasteiger partial charge in [-0.2, -0.15) is 0 Å². The molecular formula is C12H11N5O2. The number of hydrogen-bond donors (Lipinski definition) is 4. The van der Waals surface area contributed by atoms with Crippen molar-refractivity contribution in [3.8, 4) is 11.5 Å². The van der Waals surface area contributed by atoms with Gasteiger partial charge in [-0.15, -0.1) is 0 Å². The van der Waals surface area contributed by atoms with Crippen molar-refractivity contribution in [2.75, 3.05) is 5.32 Å². The summed E-state index contributed by atoms with van der Waals surface area (Å²) in [6.45, 7) is 0.451. The zero-order valence-electron chi connectivity index (χ0n) is 9.83. The van der Waals surface area contributed by atoms with Gasteiger partial charge in [-0.25, -0.2) is 15.0 Å². The maximum atomic E-state index is 9.42. The Bertz CT molecular complexity index is 725. The zero-order valence-corrected chi connectivity index (χ0v) is 9.83. The van der Waals surface area contributed by atoms with Gasteiger partial charge in [0.15, 0.2) is 23.0 Å². The number of nitrogens with one attached hydrogen (secondary N) is 2. The minimum atomic E-state index is -0.146. The van der Waals surface area contributed by atoms with Crippen LogP contribution in [0.1, 0.15) is 5.56 Å². The molecule has 1 aromatic carbocycles. The highest BCUT2D eigenvalue weighted by Gasteiger charge is 2.06. The Hall–Kier alpha value is -2.83. The van der Waals surface area contributed by atoms with E-state index in [1.54, 1.807) is 12.4 Å². The van der Waals surface area contributed by atoms with Crippen molar-refractivity contribution >= 4 is 17.0 Å². The second-order valence-corrected chi connectivity index (χ2v) is 4.00. The number of aromatic nitrogens is 4. The second kappa shape index (κ2) is 4.45. The van der Waals surface area contributed by atoms with Gasteiger partial charge in [0.25, 0.3) is 0 Å². The molecule has 7 heteroatoms. The summed E-state index contributed by atoms with van der Waals surface area (Å²) in [5.41, 5.74) is 2.13. The number of phenols is 2. The molecule has 4 N–H and O–H groups in total. The minimum absolute atomic E-state index is 0.138. The zero-order chi connectivity index (χ0) is 13.2. The molecule has 0 unspecified atom stereocenters. The Balaban J connectivity index is 1.82. The fourth-order valence-corrected chi connectivity index (χ4v) is 1.76. The third-order valence-electron chi connectivity index (χ3n) is 2.72. The van der Waals surface area contributed by atoms with E-state index in [0.29, 0.717) is 23.5 Å². The number of benzene rings is 1. The lowest BCUT2D eigenvalue weighted by Crippen LogP contribution is -2.02. The maximum absolute atomic E-state index is 9.42. The maximum Gasteiger partial charge on any atom is 0.162 e. The van der Waals surface area contributed by atoms with Crippen LogP contribution in [0.2, 0.25) is 0 Å². The molecule has 0 aliphatic heterocycles. The molecule has 0 fully saturated rings. The molecule has 0 spiro atoms. The number of H-pyrrole nitrogens is 1. The van der Waals surface area contributed by atoms with Crippen LogP contribution in [0.25, 0.3) is 11.2 Å². The van der Waals surface area contributed by atoms with E-state index in [9.17, 15) is 10.2 Å². The van der Waals surface area contributed by atoms with Crippen LogP contribution in [0.4, 0.5) is 5.82 Å². The number of aromatic amines is 1. The first kappa shape index (κ1) is 11.3. The number of imidazole rings is 1. The van der Waals surface area contributed by atoms with Gasteiger partial charge in [0.1, 0.15) is 11.8 Å². The van der Waals surface area contributed by atoms with Gasteiger partial charge in [0, 0.05) is 6.54 Å². The number of rotatable bonds is 3. The monoisotopic (exact) mass is 257 g/mol. The molecule has 3 rings (SSSR count). The predicted octanol–water partition coefficient (Wildman–Crippen LogP) is 1.38. The van der Waals surface area contributed by atoms with Crippen molar-refractivity contribution in [1.29, 1.82) is 0 Å². The second-order valence-electron chi connectivity index (χ2n) is 4.00. The Kier molecular flexibility index (Phi) is 2.64. The Morgan fingerprint density at radius 1 is 1.11 bits per heavy atom. The average molecular weight is 257 g/mol. The van der Waals surface area contributed by atoms with Gasteiger partial charge < -0.3 is 20.5 Å². The van der Waals surface area contributed by atoms with Crippen LogP contribution in [0, 0.1) is 0 Å². The topological polar surface area (TPSA) is 107 Å². The molecule has 0 atom stereocenters. The smallest absolute Gasteiger partial charge is 0.162 e. The number of hydrogen-bond acceptors (Lipinski definition) is 6. The summed E-state index contributed by atoms with van der Waals surface area (Å²) in [4.78, 5) is 15.2. The molecule has 0 radical (unpaired) electrons. The Labute approximate surface area is 108 Å². The van der Waals surface area contributed by atoms with E-state index in [1.165, 1.54) is 18.5 Å². The molecular weight excluding hydrogens is 246 g/mol. The molecule has 96 valence electrons. The number of fused-ring (bicyclic) bond motifs is 1. The van der Waals surface area contributed by atoms with Crippen LogP contribution in [-0.2, 0) is 6.54 Å². The van der Waals surface area contributed by atoms with E-state index in [1.807, 2.05) is 0 Å². The van der Waals surface area contributed by atoms with Crippen LogP contribution >= 0.6 is 0 Å². The van der Waals surface area contributed by atoms with Crippen LogP contribution in [0.5, 0.6) is 11.5 Å². The van der Waals surface area contributed by atoms with Gasteiger partial charge >= 0.3 is 0 Å². The summed E-state index contributed by atoms with van der Waals surface area (Å²) in [7, 11) is 0. The van der Waals surface area contributed by atoms with E-state index in [4.69, 9.17) is 0 Å². The number of nitrogens with zero attached hydrogens (tertiary/aromatic N) is 3. The third-order valence-corrected chi connectivity index (χ3v) is 2.72. The summed E-state index contributed by atoms with van der Waals surface area (Å²) >= 11 is 0.